The number of ketones is 1. The molecule has 13 heavy (non-hydrogen) atoms. The molecule has 0 N–H and O–H groups in total. The van der Waals surface area contributed by atoms with Gasteiger partial charge in [-0.15, -0.1) is 0 Å². The minimum atomic E-state index is -0.110. The normalized spacial score (nSPS) is 19.2. The third kappa shape index (κ3) is 2.33. The average molecular weight is 196 g/mol. The summed E-state index contributed by atoms with van der Waals surface area (Å²) < 4.78 is 0. The van der Waals surface area contributed by atoms with Crippen LogP contribution < -0.4 is 0 Å². The Balaban J connectivity index is 2.78. The summed E-state index contributed by atoms with van der Waals surface area (Å²) in [4.78, 5) is 23.3. The molecule has 1 aliphatic rings. The smallest absolute Gasteiger partial charge is 0.238 e. The van der Waals surface area contributed by atoms with Crippen molar-refractivity contribution in [1.29, 1.82) is 5.26 Å². The van der Waals surface area contributed by atoms with E-state index in [0.29, 0.717) is 10.8 Å². The van der Waals surface area contributed by atoms with Gasteiger partial charge < -0.3 is 0 Å². The number of rotatable bonds is 2. The Morgan fingerprint density at radius 1 is 1.85 bits per heavy atom. The first-order chi connectivity index (χ1) is 6.15. The lowest BCUT2D eigenvalue weighted by Crippen LogP contribution is -2.29. The quantitative estimate of drug-likeness (QED) is 0.604. The Morgan fingerprint density at radius 3 is 3.08 bits per heavy atom. The van der Waals surface area contributed by atoms with Crippen LogP contribution in [0.15, 0.2) is 11.1 Å². The molecule has 1 saturated heterocycles. The molecule has 1 rings (SSSR count). The SMILES string of the molecule is CC(=O)CN1C(=O)CS/C1=C\C#N. The summed E-state index contributed by atoms with van der Waals surface area (Å²) in [5.41, 5.74) is 0. The molecule has 0 aromatic rings. The fourth-order valence-electron chi connectivity index (χ4n) is 0.978. The zero-order chi connectivity index (χ0) is 9.84. The highest BCUT2D eigenvalue weighted by molar-refractivity contribution is 8.04. The van der Waals surface area contributed by atoms with E-state index in [1.165, 1.54) is 29.7 Å². The molecule has 4 nitrogen and oxygen atoms in total. The topological polar surface area (TPSA) is 61.2 Å². The third-order valence-corrected chi connectivity index (χ3v) is 2.50. The Labute approximate surface area is 80.2 Å². The van der Waals surface area contributed by atoms with Crippen molar-refractivity contribution in [2.24, 2.45) is 0 Å². The van der Waals surface area contributed by atoms with Crippen LogP contribution >= 0.6 is 11.8 Å². The molecule has 0 unspecified atom stereocenters. The Hall–Kier alpha value is -1.28. The van der Waals surface area contributed by atoms with Crippen LogP contribution in [0, 0.1) is 11.3 Å². The summed E-state index contributed by atoms with van der Waals surface area (Å²) in [6.07, 6.45) is 1.29. The van der Waals surface area contributed by atoms with E-state index in [2.05, 4.69) is 0 Å². The number of hydrogen-bond acceptors (Lipinski definition) is 4. The predicted molar refractivity (Wildman–Crippen MR) is 48.5 cm³/mol. The molecule has 1 fully saturated rings. The monoisotopic (exact) mass is 196 g/mol. The summed E-state index contributed by atoms with van der Waals surface area (Å²) in [7, 11) is 0. The van der Waals surface area contributed by atoms with E-state index < -0.39 is 0 Å². The van der Waals surface area contributed by atoms with Gasteiger partial charge in [0.25, 0.3) is 0 Å². The summed E-state index contributed by atoms with van der Waals surface area (Å²) in [6, 6.07) is 1.85. The molecule has 1 heterocycles. The van der Waals surface area contributed by atoms with Crippen molar-refractivity contribution in [2.75, 3.05) is 12.3 Å². The molecular formula is C8H8N2O2S. The average Bonchev–Trinajstić information content (AvgIpc) is 2.36. The summed E-state index contributed by atoms with van der Waals surface area (Å²) >= 11 is 1.29. The van der Waals surface area contributed by atoms with Crippen molar-refractivity contribution in [2.45, 2.75) is 6.92 Å². The number of carbonyl (C=O) groups excluding carboxylic acids is 2. The minimum absolute atomic E-state index is 0.0688. The van der Waals surface area contributed by atoms with E-state index in [1.807, 2.05) is 6.07 Å². The molecule has 0 aromatic carbocycles. The van der Waals surface area contributed by atoms with Crippen molar-refractivity contribution in [1.82, 2.24) is 4.90 Å². The van der Waals surface area contributed by atoms with Gasteiger partial charge in [-0.3, -0.25) is 14.5 Å². The number of nitrogens with zero attached hydrogens (tertiary/aromatic N) is 2. The summed E-state index contributed by atoms with van der Waals surface area (Å²) in [6.45, 7) is 1.49. The molecule has 0 aromatic heterocycles. The van der Waals surface area contributed by atoms with Crippen molar-refractivity contribution in [3.05, 3.63) is 11.1 Å². The fourth-order valence-corrected chi connectivity index (χ4v) is 1.86. The van der Waals surface area contributed by atoms with Crippen LogP contribution in [0.3, 0.4) is 0 Å². The lowest BCUT2D eigenvalue weighted by molar-refractivity contribution is -0.129. The van der Waals surface area contributed by atoms with Crippen LogP contribution in [-0.2, 0) is 9.59 Å². The lowest BCUT2D eigenvalue weighted by Gasteiger charge is -2.13. The van der Waals surface area contributed by atoms with Crippen molar-refractivity contribution < 1.29 is 9.59 Å². The van der Waals surface area contributed by atoms with Crippen LogP contribution in [-0.4, -0.2) is 28.9 Å². The first-order valence-corrected chi connectivity index (χ1v) is 4.66. The van der Waals surface area contributed by atoms with Crippen LogP contribution in [0.1, 0.15) is 6.92 Å². The summed E-state index contributed by atoms with van der Waals surface area (Å²) in [5.74, 6) is 0.127. The van der Waals surface area contributed by atoms with Crippen LogP contribution in [0.5, 0.6) is 0 Å². The maximum absolute atomic E-state index is 11.2. The first-order valence-electron chi connectivity index (χ1n) is 3.67. The fraction of sp³-hybridized carbons (Fsp3) is 0.375. The van der Waals surface area contributed by atoms with Crippen LogP contribution in [0.4, 0.5) is 0 Å². The van der Waals surface area contributed by atoms with E-state index in [0.717, 1.165) is 0 Å². The largest absolute Gasteiger partial charge is 0.298 e. The second-order valence-electron chi connectivity index (χ2n) is 2.58. The van der Waals surface area contributed by atoms with Gasteiger partial charge in [-0.1, -0.05) is 11.8 Å². The van der Waals surface area contributed by atoms with E-state index >= 15 is 0 Å². The molecule has 5 heteroatoms. The van der Waals surface area contributed by atoms with Gasteiger partial charge >= 0.3 is 0 Å². The zero-order valence-electron chi connectivity index (χ0n) is 7.11. The molecule has 0 saturated carbocycles. The van der Waals surface area contributed by atoms with Gasteiger partial charge in [-0.25, -0.2) is 0 Å². The Kier molecular flexibility index (Phi) is 3.09. The van der Waals surface area contributed by atoms with E-state index in [1.54, 1.807) is 0 Å². The van der Waals surface area contributed by atoms with Crippen LogP contribution in [0.2, 0.25) is 0 Å². The van der Waals surface area contributed by atoms with Crippen molar-refractivity contribution >= 4 is 23.5 Å². The second kappa shape index (κ2) is 4.10. The minimum Gasteiger partial charge on any atom is -0.298 e. The number of thioether (sulfide) groups is 1. The van der Waals surface area contributed by atoms with E-state index in [9.17, 15) is 9.59 Å². The summed E-state index contributed by atoms with van der Waals surface area (Å²) in [5, 5.41) is 8.97. The predicted octanol–water partition coefficient (Wildman–Crippen LogP) is 0.516. The standard InChI is InChI=1S/C8H8N2O2S/c1-6(11)4-10-7(12)5-13-8(10)2-3-9/h2H,4-5H2,1H3/b8-2-. The van der Waals surface area contributed by atoms with Gasteiger partial charge in [-0.05, 0) is 6.92 Å². The highest BCUT2D eigenvalue weighted by Crippen LogP contribution is 2.27. The molecule has 0 aliphatic carbocycles. The number of nitriles is 1. The van der Waals surface area contributed by atoms with Gasteiger partial charge in [0.2, 0.25) is 5.91 Å². The second-order valence-corrected chi connectivity index (χ2v) is 3.58. The van der Waals surface area contributed by atoms with Gasteiger partial charge in [0.15, 0.2) is 0 Å². The highest BCUT2D eigenvalue weighted by atomic mass is 32.2. The van der Waals surface area contributed by atoms with E-state index in [4.69, 9.17) is 5.26 Å². The Bertz CT molecular complexity index is 317. The molecule has 0 radical (unpaired) electrons. The third-order valence-electron chi connectivity index (χ3n) is 1.48. The number of carbonyl (C=O) groups is 2. The van der Waals surface area contributed by atoms with Gasteiger partial charge in [-0.2, -0.15) is 5.26 Å². The van der Waals surface area contributed by atoms with E-state index in [-0.39, 0.29) is 18.2 Å². The molecular weight excluding hydrogens is 188 g/mol. The maximum atomic E-state index is 11.2. The number of amides is 1. The Morgan fingerprint density at radius 2 is 2.54 bits per heavy atom. The molecule has 68 valence electrons. The molecule has 0 bridgehead atoms. The van der Waals surface area contributed by atoms with Crippen molar-refractivity contribution in [3.8, 4) is 6.07 Å². The first kappa shape index (κ1) is 9.81. The van der Waals surface area contributed by atoms with Crippen molar-refractivity contribution in [3.63, 3.8) is 0 Å². The van der Waals surface area contributed by atoms with Crippen LogP contribution in [0.25, 0.3) is 0 Å². The number of hydrogen-bond donors (Lipinski definition) is 0. The molecule has 1 amide bonds. The maximum Gasteiger partial charge on any atom is 0.238 e. The van der Waals surface area contributed by atoms with Gasteiger partial charge in [0.05, 0.1) is 23.4 Å². The highest BCUT2D eigenvalue weighted by Gasteiger charge is 2.26. The molecule has 0 atom stereocenters. The lowest BCUT2D eigenvalue weighted by atomic mass is 10.4. The molecule has 0 spiro atoms. The van der Waals surface area contributed by atoms with Gasteiger partial charge in [0.1, 0.15) is 5.78 Å². The molecule has 1 aliphatic heterocycles. The zero-order valence-corrected chi connectivity index (χ0v) is 7.93. The van der Waals surface area contributed by atoms with Gasteiger partial charge in [0, 0.05) is 6.08 Å². The number of allylic oxidation sites excluding steroid dienone is 1. The number of Topliss-reactive ketones (excluding diaryl/α,β-unsaturated/α-hetero) is 1.